The van der Waals surface area contributed by atoms with Crippen molar-refractivity contribution in [1.29, 1.82) is 0 Å². The molecule has 0 unspecified atom stereocenters. The van der Waals surface area contributed by atoms with Crippen molar-refractivity contribution in [3.8, 4) is 0 Å². The largest absolute Gasteiger partial charge is 0.343 e. The highest BCUT2D eigenvalue weighted by Gasteiger charge is 2.11. The monoisotopic (exact) mass is 328 g/mol. The molecule has 1 aromatic heterocycles. The van der Waals surface area contributed by atoms with Gasteiger partial charge in [-0.1, -0.05) is 22.0 Å². The van der Waals surface area contributed by atoms with Crippen LogP contribution in [0.4, 0.5) is 0 Å². The molecule has 0 aliphatic heterocycles. The Hall–Kier alpha value is -1.05. The Bertz CT molecular complexity index is 607. The van der Waals surface area contributed by atoms with E-state index in [-0.39, 0.29) is 5.69 Å². The highest BCUT2D eigenvalue weighted by molar-refractivity contribution is 9.10. The summed E-state index contributed by atoms with van der Waals surface area (Å²) in [6.45, 7) is 2.95. The van der Waals surface area contributed by atoms with Gasteiger partial charge in [0.05, 0.1) is 0 Å². The number of aromatic amines is 1. The van der Waals surface area contributed by atoms with Crippen molar-refractivity contribution in [2.75, 3.05) is 0 Å². The Morgan fingerprint density at radius 2 is 2.33 bits per heavy atom. The summed E-state index contributed by atoms with van der Waals surface area (Å²) < 4.78 is 2.56. The molecule has 96 valence electrons. The molecule has 0 saturated heterocycles. The molecule has 7 heteroatoms. The molecule has 3 N–H and O–H groups in total. The van der Waals surface area contributed by atoms with Crippen LogP contribution in [0.5, 0.6) is 0 Å². The number of H-pyrrole nitrogens is 1. The van der Waals surface area contributed by atoms with E-state index in [2.05, 4.69) is 26.1 Å². The molecule has 2 aromatic rings. The van der Waals surface area contributed by atoms with Crippen LogP contribution in [0, 0.1) is 0 Å². The first-order valence-corrected chi connectivity index (χ1v) is 7.08. The fourth-order valence-corrected chi connectivity index (χ4v) is 3.14. The maximum Gasteiger partial charge on any atom is 0.343 e. The third kappa shape index (κ3) is 2.68. The van der Waals surface area contributed by atoms with Gasteiger partial charge >= 0.3 is 5.69 Å². The summed E-state index contributed by atoms with van der Waals surface area (Å²) in [5.41, 5.74) is 6.54. The predicted molar refractivity (Wildman–Crippen MR) is 74.7 cm³/mol. The minimum atomic E-state index is -0.190. The maximum absolute atomic E-state index is 11.5. The van der Waals surface area contributed by atoms with Gasteiger partial charge < -0.3 is 5.73 Å². The molecule has 0 radical (unpaired) electrons. The molecule has 0 amide bonds. The van der Waals surface area contributed by atoms with Gasteiger partial charge in [0, 0.05) is 22.5 Å². The second-order valence-corrected chi connectivity index (χ2v) is 5.54. The molecule has 0 atom stereocenters. The van der Waals surface area contributed by atoms with E-state index in [1.54, 1.807) is 4.57 Å². The number of aromatic nitrogens is 3. The van der Waals surface area contributed by atoms with Gasteiger partial charge in [-0.25, -0.2) is 9.89 Å². The van der Waals surface area contributed by atoms with Gasteiger partial charge in [-0.05, 0) is 36.4 Å². The first-order chi connectivity index (χ1) is 8.65. The number of hydrogen-bond acceptors (Lipinski definition) is 4. The molecular formula is C11H13BrN4OS. The Balaban J connectivity index is 2.39. The van der Waals surface area contributed by atoms with Crippen LogP contribution < -0.4 is 11.4 Å². The van der Waals surface area contributed by atoms with Crippen molar-refractivity contribution < 1.29 is 0 Å². The Kier molecular flexibility index (Phi) is 4.26. The first kappa shape index (κ1) is 13.4. The lowest BCUT2D eigenvalue weighted by molar-refractivity contribution is 0.660. The zero-order valence-electron chi connectivity index (χ0n) is 9.81. The van der Waals surface area contributed by atoms with Crippen molar-refractivity contribution in [3.63, 3.8) is 0 Å². The summed E-state index contributed by atoms with van der Waals surface area (Å²) >= 11 is 4.86. The van der Waals surface area contributed by atoms with E-state index >= 15 is 0 Å². The number of halogens is 1. The summed E-state index contributed by atoms with van der Waals surface area (Å²) in [5.74, 6) is 0. The summed E-state index contributed by atoms with van der Waals surface area (Å²) in [7, 11) is 0. The number of hydrogen-bond donors (Lipinski definition) is 2. The van der Waals surface area contributed by atoms with Crippen LogP contribution in [0.3, 0.4) is 0 Å². The second-order valence-electron chi connectivity index (χ2n) is 3.61. The van der Waals surface area contributed by atoms with Crippen LogP contribution in [0.15, 0.2) is 37.5 Å². The lowest BCUT2D eigenvalue weighted by Gasteiger charge is -2.07. The van der Waals surface area contributed by atoms with Crippen molar-refractivity contribution in [2.24, 2.45) is 5.73 Å². The van der Waals surface area contributed by atoms with Crippen LogP contribution in [0.1, 0.15) is 12.5 Å². The Morgan fingerprint density at radius 1 is 1.56 bits per heavy atom. The van der Waals surface area contributed by atoms with E-state index in [0.717, 1.165) is 14.9 Å². The topological polar surface area (TPSA) is 76.7 Å². The fraction of sp³-hybridized carbons (Fsp3) is 0.273. The van der Waals surface area contributed by atoms with Crippen LogP contribution in [-0.4, -0.2) is 14.8 Å². The number of nitrogens with one attached hydrogen (secondary N) is 1. The quantitative estimate of drug-likeness (QED) is 0.899. The fourth-order valence-electron chi connectivity index (χ4n) is 1.55. The lowest BCUT2D eigenvalue weighted by Crippen LogP contribution is -2.16. The standard InChI is InChI=1S/C11H13BrN4OS/c1-2-16-10(17)14-15-11(16)18-9-5-8(12)4-3-7(9)6-13/h3-5H,2,6,13H2,1H3,(H,14,17). The van der Waals surface area contributed by atoms with Gasteiger partial charge in [0.1, 0.15) is 0 Å². The van der Waals surface area contributed by atoms with Crippen molar-refractivity contribution in [3.05, 3.63) is 38.7 Å². The minimum absolute atomic E-state index is 0.190. The van der Waals surface area contributed by atoms with E-state index in [1.165, 1.54) is 11.8 Å². The molecule has 2 rings (SSSR count). The normalized spacial score (nSPS) is 10.8. The van der Waals surface area contributed by atoms with E-state index in [9.17, 15) is 4.79 Å². The lowest BCUT2D eigenvalue weighted by atomic mass is 10.2. The average molecular weight is 329 g/mol. The summed E-state index contributed by atoms with van der Waals surface area (Å²) in [6.07, 6.45) is 0. The van der Waals surface area contributed by atoms with Gasteiger partial charge in [-0.3, -0.25) is 4.57 Å². The molecule has 1 heterocycles. The van der Waals surface area contributed by atoms with E-state index < -0.39 is 0 Å². The first-order valence-electron chi connectivity index (χ1n) is 5.47. The van der Waals surface area contributed by atoms with Crippen molar-refractivity contribution >= 4 is 27.7 Å². The van der Waals surface area contributed by atoms with Crippen LogP contribution in [-0.2, 0) is 13.1 Å². The number of nitrogens with two attached hydrogens (primary N) is 1. The Morgan fingerprint density at radius 3 is 3.00 bits per heavy atom. The third-order valence-corrected chi connectivity index (χ3v) is 4.08. The molecule has 0 spiro atoms. The zero-order chi connectivity index (χ0) is 13.1. The molecule has 0 fully saturated rings. The summed E-state index contributed by atoms with van der Waals surface area (Å²) in [4.78, 5) is 12.5. The van der Waals surface area contributed by atoms with Gasteiger partial charge in [0.25, 0.3) is 0 Å². The molecule has 0 saturated carbocycles. The number of benzene rings is 1. The van der Waals surface area contributed by atoms with Crippen molar-refractivity contribution in [1.82, 2.24) is 14.8 Å². The minimum Gasteiger partial charge on any atom is -0.326 e. The second kappa shape index (κ2) is 5.73. The van der Waals surface area contributed by atoms with E-state index in [4.69, 9.17) is 5.73 Å². The van der Waals surface area contributed by atoms with E-state index in [1.807, 2.05) is 25.1 Å². The Labute approximate surface area is 117 Å². The predicted octanol–water partition coefficient (Wildman–Crippen LogP) is 1.96. The molecule has 0 aliphatic rings. The van der Waals surface area contributed by atoms with Gasteiger partial charge in [-0.2, -0.15) is 0 Å². The smallest absolute Gasteiger partial charge is 0.326 e. The van der Waals surface area contributed by atoms with Gasteiger partial charge in [0.2, 0.25) is 0 Å². The molecular weight excluding hydrogens is 316 g/mol. The van der Waals surface area contributed by atoms with E-state index in [0.29, 0.717) is 18.2 Å². The van der Waals surface area contributed by atoms with Crippen LogP contribution in [0.25, 0.3) is 0 Å². The molecule has 1 aromatic carbocycles. The molecule has 0 bridgehead atoms. The summed E-state index contributed by atoms with van der Waals surface area (Å²) in [5, 5.41) is 7.12. The average Bonchev–Trinajstić information content (AvgIpc) is 2.70. The van der Waals surface area contributed by atoms with Crippen LogP contribution >= 0.6 is 27.7 Å². The number of rotatable bonds is 4. The maximum atomic E-state index is 11.5. The molecule has 0 aliphatic carbocycles. The zero-order valence-corrected chi connectivity index (χ0v) is 12.2. The highest BCUT2D eigenvalue weighted by Crippen LogP contribution is 2.30. The van der Waals surface area contributed by atoms with Gasteiger partial charge in [0.15, 0.2) is 5.16 Å². The van der Waals surface area contributed by atoms with Gasteiger partial charge in [-0.15, -0.1) is 5.10 Å². The SMILES string of the molecule is CCn1c(Sc2cc(Br)ccc2CN)n[nH]c1=O. The third-order valence-electron chi connectivity index (χ3n) is 2.49. The number of nitrogens with zero attached hydrogens (tertiary/aromatic N) is 2. The van der Waals surface area contributed by atoms with Crippen molar-refractivity contribution in [2.45, 2.75) is 30.1 Å². The molecule has 18 heavy (non-hydrogen) atoms. The molecule has 5 nitrogen and oxygen atoms in total. The summed E-state index contributed by atoms with van der Waals surface area (Å²) in [6, 6.07) is 5.89. The van der Waals surface area contributed by atoms with Crippen LogP contribution in [0.2, 0.25) is 0 Å². The highest BCUT2D eigenvalue weighted by atomic mass is 79.9.